The number of nitrogens with zero attached hydrogens (tertiary/aromatic N) is 3. The van der Waals surface area contributed by atoms with Crippen molar-refractivity contribution in [1.82, 2.24) is 15.3 Å². The molecule has 110 valence electrons. The van der Waals surface area contributed by atoms with E-state index in [1.54, 1.807) is 0 Å². The molecule has 0 unspecified atom stereocenters. The Morgan fingerprint density at radius 1 is 1.40 bits per heavy atom. The van der Waals surface area contributed by atoms with Crippen molar-refractivity contribution >= 4 is 17.5 Å². The maximum absolute atomic E-state index is 11.8. The van der Waals surface area contributed by atoms with Crippen LogP contribution in [0.25, 0.3) is 0 Å². The second kappa shape index (κ2) is 6.54. The van der Waals surface area contributed by atoms with Crippen molar-refractivity contribution in [3.63, 3.8) is 0 Å². The first kappa shape index (κ1) is 14.6. The van der Waals surface area contributed by atoms with Gasteiger partial charge in [-0.2, -0.15) is 0 Å². The normalized spacial score (nSPS) is 13.9. The van der Waals surface area contributed by atoms with Gasteiger partial charge in [-0.05, 0) is 19.8 Å². The molecule has 1 heterocycles. The summed E-state index contributed by atoms with van der Waals surface area (Å²) in [7, 11) is 1.88. The van der Waals surface area contributed by atoms with Crippen LogP contribution >= 0.6 is 0 Å². The third-order valence-electron chi connectivity index (χ3n) is 3.15. The molecule has 0 aromatic carbocycles. The molecule has 0 bridgehead atoms. The second-order valence-electron chi connectivity index (χ2n) is 5.11. The highest BCUT2D eigenvalue weighted by Crippen LogP contribution is 2.19. The molecule has 1 aromatic rings. The van der Waals surface area contributed by atoms with Gasteiger partial charge in [0.05, 0.1) is 6.54 Å². The molecule has 1 aliphatic carbocycles. The van der Waals surface area contributed by atoms with Gasteiger partial charge in [0.25, 0.3) is 0 Å². The molecule has 1 amide bonds. The van der Waals surface area contributed by atoms with E-state index in [-0.39, 0.29) is 5.91 Å². The molecule has 2 rings (SSSR count). The van der Waals surface area contributed by atoms with Crippen molar-refractivity contribution in [2.75, 3.05) is 30.4 Å². The summed E-state index contributed by atoms with van der Waals surface area (Å²) in [6.07, 6.45) is 2.98. The van der Waals surface area contributed by atoms with Crippen molar-refractivity contribution in [3.05, 3.63) is 11.9 Å². The standard InChI is InChI=1S/C14H23N5O/c1-4-11-17-12(15-5-2)8-13(18-11)19(3)9-14(20)16-10-6-7-10/h8,10H,4-7,9H2,1-3H3,(H,16,20)(H,15,17,18). The van der Waals surface area contributed by atoms with Gasteiger partial charge < -0.3 is 15.5 Å². The molecule has 2 N–H and O–H groups in total. The maximum atomic E-state index is 11.8. The average Bonchev–Trinajstić information content (AvgIpc) is 3.22. The first-order chi connectivity index (χ1) is 9.62. The lowest BCUT2D eigenvalue weighted by molar-refractivity contribution is -0.119. The molecule has 0 radical (unpaired) electrons. The molecule has 20 heavy (non-hydrogen) atoms. The van der Waals surface area contributed by atoms with E-state index < -0.39 is 0 Å². The largest absolute Gasteiger partial charge is 0.370 e. The van der Waals surface area contributed by atoms with Gasteiger partial charge in [0.1, 0.15) is 17.5 Å². The maximum Gasteiger partial charge on any atom is 0.239 e. The Hall–Kier alpha value is -1.85. The minimum atomic E-state index is 0.0525. The lowest BCUT2D eigenvalue weighted by atomic mass is 10.4. The van der Waals surface area contributed by atoms with Crippen LogP contribution in [0.15, 0.2) is 6.07 Å². The van der Waals surface area contributed by atoms with E-state index in [0.29, 0.717) is 12.6 Å². The van der Waals surface area contributed by atoms with Gasteiger partial charge in [-0.1, -0.05) is 6.92 Å². The summed E-state index contributed by atoms with van der Waals surface area (Å²) in [4.78, 5) is 22.6. The Morgan fingerprint density at radius 2 is 2.15 bits per heavy atom. The summed E-state index contributed by atoms with van der Waals surface area (Å²) >= 11 is 0. The first-order valence-electron chi connectivity index (χ1n) is 7.24. The van der Waals surface area contributed by atoms with Crippen LogP contribution in [0.3, 0.4) is 0 Å². The van der Waals surface area contributed by atoms with Gasteiger partial charge in [-0.15, -0.1) is 0 Å². The second-order valence-corrected chi connectivity index (χ2v) is 5.11. The highest BCUT2D eigenvalue weighted by molar-refractivity contribution is 5.81. The highest BCUT2D eigenvalue weighted by atomic mass is 16.2. The molecule has 6 heteroatoms. The van der Waals surface area contributed by atoms with Gasteiger partial charge in [-0.25, -0.2) is 9.97 Å². The number of rotatable bonds is 7. The minimum Gasteiger partial charge on any atom is -0.370 e. The van der Waals surface area contributed by atoms with Gasteiger partial charge >= 0.3 is 0 Å². The molecule has 1 fully saturated rings. The van der Waals surface area contributed by atoms with Crippen molar-refractivity contribution in [1.29, 1.82) is 0 Å². The quantitative estimate of drug-likeness (QED) is 0.783. The molecule has 1 aliphatic rings. The molecular weight excluding hydrogens is 254 g/mol. The van der Waals surface area contributed by atoms with Crippen LogP contribution in [0.2, 0.25) is 0 Å². The Labute approximate surface area is 120 Å². The number of anilines is 2. The SMILES string of the molecule is CCNc1cc(N(C)CC(=O)NC2CC2)nc(CC)n1. The first-order valence-corrected chi connectivity index (χ1v) is 7.24. The van der Waals surface area contributed by atoms with E-state index >= 15 is 0 Å². The average molecular weight is 277 g/mol. The molecule has 0 aliphatic heterocycles. The summed E-state index contributed by atoms with van der Waals surface area (Å²) in [6, 6.07) is 2.28. The number of nitrogens with one attached hydrogen (secondary N) is 2. The summed E-state index contributed by atoms with van der Waals surface area (Å²) in [5.41, 5.74) is 0. The third-order valence-corrected chi connectivity index (χ3v) is 3.15. The number of hydrogen-bond acceptors (Lipinski definition) is 5. The third kappa shape index (κ3) is 4.08. The van der Waals surface area contributed by atoms with Gasteiger partial charge in [0, 0.05) is 32.1 Å². The fourth-order valence-electron chi connectivity index (χ4n) is 1.91. The van der Waals surface area contributed by atoms with Gasteiger partial charge in [0.15, 0.2) is 0 Å². The molecule has 1 aromatic heterocycles. The van der Waals surface area contributed by atoms with E-state index in [0.717, 1.165) is 43.3 Å². The van der Waals surface area contributed by atoms with Crippen LogP contribution in [0, 0.1) is 0 Å². The predicted octanol–water partition coefficient (Wildman–Crippen LogP) is 1.19. The summed E-state index contributed by atoms with van der Waals surface area (Å²) < 4.78 is 0. The van der Waals surface area contributed by atoms with Crippen molar-refractivity contribution < 1.29 is 4.79 Å². The Morgan fingerprint density at radius 3 is 2.75 bits per heavy atom. The number of aryl methyl sites for hydroxylation is 1. The number of carbonyl (C=O) groups is 1. The summed E-state index contributed by atoms with van der Waals surface area (Å²) in [5.74, 6) is 2.42. The molecule has 0 atom stereocenters. The van der Waals surface area contributed by atoms with E-state index in [1.807, 2.05) is 31.9 Å². The molecule has 0 spiro atoms. The lowest BCUT2D eigenvalue weighted by Crippen LogP contribution is -2.36. The summed E-state index contributed by atoms with van der Waals surface area (Å²) in [6.45, 7) is 5.18. The number of aromatic nitrogens is 2. The monoisotopic (exact) mass is 277 g/mol. The Balaban J connectivity index is 2.04. The van der Waals surface area contributed by atoms with E-state index in [9.17, 15) is 4.79 Å². The smallest absolute Gasteiger partial charge is 0.239 e. The molecule has 1 saturated carbocycles. The minimum absolute atomic E-state index is 0.0525. The molecular formula is C14H23N5O. The van der Waals surface area contributed by atoms with Crippen molar-refractivity contribution in [2.24, 2.45) is 0 Å². The fourth-order valence-corrected chi connectivity index (χ4v) is 1.91. The van der Waals surface area contributed by atoms with Crippen molar-refractivity contribution in [2.45, 2.75) is 39.2 Å². The number of hydrogen-bond donors (Lipinski definition) is 2. The van der Waals surface area contributed by atoms with E-state index in [4.69, 9.17) is 0 Å². The number of carbonyl (C=O) groups excluding carboxylic acids is 1. The van der Waals surface area contributed by atoms with Crippen LogP contribution in [0.5, 0.6) is 0 Å². The Bertz CT molecular complexity index is 473. The lowest BCUT2D eigenvalue weighted by Gasteiger charge is -2.19. The van der Waals surface area contributed by atoms with Gasteiger partial charge in [-0.3, -0.25) is 4.79 Å². The predicted molar refractivity (Wildman–Crippen MR) is 80.0 cm³/mol. The Kier molecular flexibility index (Phi) is 4.76. The van der Waals surface area contributed by atoms with E-state index in [1.165, 1.54) is 0 Å². The zero-order valence-corrected chi connectivity index (χ0v) is 12.4. The van der Waals surface area contributed by atoms with Crippen LogP contribution < -0.4 is 15.5 Å². The number of likely N-dealkylation sites (N-methyl/N-ethyl adjacent to an activating group) is 1. The topological polar surface area (TPSA) is 70.2 Å². The van der Waals surface area contributed by atoms with Crippen LogP contribution in [0.4, 0.5) is 11.6 Å². The van der Waals surface area contributed by atoms with Gasteiger partial charge in [0.2, 0.25) is 5.91 Å². The van der Waals surface area contributed by atoms with Crippen molar-refractivity contribution in [3.8, 4) is 0 Å². The van der Waals surface area contributed by atoms with Crippen LogP contribution in [-0.4, -0.2) is 42.1 Å². The number of amides is 1. The van der Waals surface area contributed by atoms with E-state index in [2.05, 4.69) is 20.6 Å². The fraction of sp³-hybridized carbons (Fsp3) is 0.643. The highest BCUT2D eigenvalue weighted by Gasteiger charge is 2.23. The summed E-state index contributed by atoms with van der Waals surface area (Å²) in [5, 5.41) is 6.18. The van der Waals surface area contributed by atoms with Crippen LogP contribution in [0.1, 0.15) is 32.5 Å². The molecule has 6 nitrogen and oxygen atoms in total. The van der Waals surface area contributed by atoms with Crippen LogP contribution in [-0.2, 0) is 11.2 Å². The molecule has 0 saturated heterocycles. The zero-order chi connectivity index (χ0) is 14.5. The zero-order valence-electron chi connectivity index (χ0n) is 12.4.